The van der Waals surface area contributed by atoms with Gasteiger partial charge in [0.25, 0.3) is 17.7 Å². The Hall–Kier alpha value is -2.60. The summed E-state index contributed by atoms with van der Waals surface area (Å²) in [7, 11) is 0. The van der Waals surface area contributed by atoms with Crippen LogP contribution in [0.25, 0.3) is 0 Å². The van der Waals surface area contributed by atoms with Gasteiger partial charge in [0.15, 0.2) is 0 Å². The first-order chi connectivity index (χ1) is 12.1. The highest BCUT2D eigenvalue weighted by Gasteiger charge is 2.56. The summed E-state index contributed by atoms with van der Waals surface area (Å²) in [5.41, 5.74) is 2.16. The molecule has 1 saturated heterocycles. The minimum atomic E-state index is -0.790. The van der Waals surface area contributed by atoms with Gasteiger partial charge in [0.05, 0.1) is 11.1 Å². The van der Waals surface area contributed by atoms with E-state index in [2.05, 4.69) is 6.92 Å². The molecule has 0 aliphatic carbocycles. The van der Waals surface area contributed by atoms with Crippen LogP contribution >= 0.6 is 11.8 Å². The van der Waals surface area contributed by atoms with Crippen LogP contribution in [0.4, 0.5) is 5.69 Å². The number of carbonyl (C=O) groups is 3. The summed E-state index contributed by atoms with van der Waals surface area (Å²) < 4.78 is 0. The van der Waals surface area contributed by atoms with Gasteiger partial charge in [0.1, 0.15) is 11.4 Å². The number of amides is 3. The maximum atomic E-state index is 12.9. The average molecular weight is 351 g/mol. The number of imide groups is 1. The van der Waals surface area contributed by atoms with E-state index in [0.717, 1.165) is 10.5 Å². The summed E-state index contributed by atoms with van der Waals surface area (Å²) >= 11 is 1.44. The number of thioether (sulfide) groups is 1. The highest BCUT2D eigenvalue weighted by atomic mass is 32.2. The zero-order valence-corrected chi connectivity index (χ0v) is 14.3. The van der Waals surface area contributed by atoms with Crippen molar-refractivity contribution in [1.82, 2.24) is 4.90 Å². The van der Waals surface area contributed by atoms with Gasteiger partial charge in [0, 0.05) is 5.69 Å². The lowest BCUT2D eigenvalue weighted by Crippen LogP contribution is -2.70. The molecule has 3 amide bonds. The molecular formula is C19H15N2O3S. The van der Waals surface area contributed by atoms with Crippen molar-refractivity contribution in [2.75, 3.05) is 11.2 Å². The summed E-state index contributed by atoms with van der Waals surface area (Å²) in [5, 5.41) is -0.322. The predicted molar refractivity (Wildman–Crippen MR) is 96.4 cm³/mol. The van der Waals surface area contributed by atoms with E-state index < -0.39 is 17.9 Å². The summed E-state index contributed by atoms with van der Waals surface area (Å²) in [6.45, 7) is 3.96. The summed E-state index contributed by atoms with van der Waals surface area (Å²) in [6.07, 6.45) is 1.86. The Labute approximate surface area is 149 Å². The van der Waals surface area contributed by atoms with Crippen molar-refractivity contribution in [3.05, 3.63) is 72.1 Å². The molecule has 0 saturated carbocycles. The quantitative estimate of drug-likeness (QED) is 0.630. The van der Waals surface area contributed by atoms with Crippen molar-refractivity contribution >= 4 is 35.2 Å². The molecule has 0 N–H and O–H groups in total. The van der Waals surface area contributed by atoms with Crippen LogP contribution in [0.5, 0.6) is 0 Å². The zero-order chi connectivity index (χ0) is 17.7. The second kappa shape index (κ2) is 5.74. The van der Waals surface area contributed by atoms with E-state index in [1.165, 1.54) is 11.8 Å². The summed E-state index contributed by atoms with van der Waals surface area (Å²) in [6, 6.07) is 13.2. The van der Waals surface area contributed by atoms with E-state index in [0.29, 0.717) is 16.8 Å². The Morgan fingerprint density at radius 2 is 1.44 bits per heavy atom. The maximum Gasteiger partial charge on any atom is 0.262 e. The van der Waals surface area contributed by atoms with Crippen molar-refractivity contribution in [1.29, 1.82) is 0 Å². The Balaban J connectivity index is 1.69. The van der Waals surface area contributed by atoms with Gasteiger partial charge >= 0.3 is 0 Å². The lowest BCUT2D eigenvalue weighted by Gasteiger charge is -2.49. The number of rotatable bonds is 3. The van der Waals surface area contributed by atoms with Gasteiger partial charge < -0.3 is 0 Å². The molecule has 1 radical (unpaired) electrons. The minimum absolute atomic E-state index is 0.259. The van der Waals surface area contributed by atoms with Crippen LogP contribution in [0.2, 0.25) is 0 Å². The number of benzene rings is 2. The first kappa shape index (κ1) is 15.9. The molecule has 0 spiro atoms. The molecule has 0 unspecified atom stereocenters. The highest BCUT2D eigenvalue weighted by molar-refractivity contribution is 7.99. The standard InChI is InChI=1S/C19H15N2O3S/c1-11-7-3-6-10-14(11)20-18(24)15(19(20)25-2)21-16(22)12-8-4-5-9-13(12)17(21)23/h3-10,15,19H,1H2,2H3/t15-,19-/m1/s1. The summed E-state index contributed by atoms with van der Waals surface area (Å²) in [5.74, 6) is -1.06. The Kier molecular flexibility index (Phi) is 3.65. The fraction of sp³-hybridized carbons (Fsp3) is 0.158. The van der Waals surface area contributed by atoms with Gasteiger partial charge in [-0.3, -0.25) is 24.2 Å². The molecule has 125 valence electrons. The van der Waals surface area contributed by atoms with E-state index in [9.17, 15) is 14.4 Å². The molecular weight excluding hydrogens is 336 g/mol. The number of anilines is 1. The monoisotopic (exact) mass is 351 g/mol. The largest absolute Gasteiger partial charge is 0.295 e. The SMILES string of the molecule is [CH2]c1ccccc1N1C(=O)[C@@H](N2C(=O)c3ccccc3C2=O)[C@H]1SC. The van der Waals surface area contributed by atoms with Crippen molar-refractivity contribution in [3.63, 3.8) is 0 Å². The number of para-hydroxylation sites is 1. The molecule has 5 nitrogen and oxygen atoms in total. The lowest BCUT2D eigenvalue weighted by molar-refractivity contribution is -0.128. The predicted octanol–water partition coefficient (Wildman–Crippen LogP) is 2.57. The first-order valence-corrected chi connectivity index (χ1v) is 9.09. The molecule has 25 heavy (non-hydrogen) atoms. The topological polar surface area (TPSA) is 57.7 Å². The Bertz CT molecular complexity index is 876. The molecule has 2 aliphatic heterocycles. The molecule has 2 aliphatic rings. The fourth-order valence-electron chi connectivity index (χ4n) is 3.38. The second-order valence-electron chi connectivity index (χ2n) is 5.93. The van der Waals surface area contributed by atoms with Crippen LogP contribution in [-0.4, -0.2) is 40.3 Å². The lowest BCUT2D eigenvalue weighted by atomic mass is 10.0. The van der Waals surface area contributed by atoms with E-state index in [4.69, 9.17) is 0 Å². The van der Waals surface area contributed by atoms with E-state index in [1.807, 2.05) is 30.5 Å². The molecule has 0 bridgehead atoms. The molecule has 2 aromatic rings. The van der Waals surface area contributed by atoms with E-state index in [1.54, 1.807) is 29.2 Å². The van der Waals surface area contributed by atoms with Crippen LogP contribution in [0, 0.1) is 6.92 Å². The Morgan fingerprint density at radius 3 is 2.00 bits per heavy atom. The first-order valence-electron chi connectivity index (χ1n) is 7.80. The fourth-order valence-corrected chi connectivity index (χ4v) is 4.31. The van der Waals surface area contributed by atoms with Crippen molar-refractivity contribution in [3.8, 4) is 0 Å². The molecule has 4 rings (SSSR count). The smallest absolute Gasteiger partial charge is 0.262 e. The molecule has 0 aromatic heterocycles. The number of β-lactam (4-membered cyclic amide) rings is 1. The second-order valence-corrected chi connectivity index (χ2v) is 6.89. The zero-order valence-electron chi connectivity index (χ0n) is 13.5. The van der Waals surface area contributed by atoms with E-state index >= 15 is 0 Å². The number of hydrogen-bond acceptors (Lipinski definition) is 4. The number of carbonyl (C=O) groups excluding carboxylic acids is 3. The number of fused-ring (bicyclic) bond motifs is 1. The molecule has 1 fully saturated rings. The molecule has 6 heteroatoms. The normalized spacial score (nSPS) is 22.2. The Morgan fingerprint density at radius 1 is 0.880 bits per heavy atom. The number of hydrogen-bond donors (Lipinski definition) is 0. The van der Waals surface area contributed by atoms with Gasteiger partial charge in [-0.1, -0.05) is 30.3 Å². The van der Waals surface area contributed by atoms with Crippen molar-refractivity contribution in [2.45, 2.75) is 11.4 Å². The van der Waals surface area contributed by atoms with Gasteiger partial charge in [-0.15, -0.1) is 11.8 Å². The molecule has 2 aromatic carbocycles. The van der Waals surface area contributed by atoms with Gasteiger partial charge in [-0.2, -0.15) is 0 Å². The van der Waals surface area contributed by atoms with Crippen molar-refractivity contribution in [2.24, 2.45) is 0 Å². The van der Waals surface area contributed by atoms with Gasteiger partial charge in [-0.05, 0) is 36.9 Å². The van der Waals surface area contributed by atoms with Crippen LogP contribution in [0.3, 0.4) is 0 Å². The minimum Gasteiger partial charge on any atom is -0.295 e. The average Bonchev–Trinajstić information content (AvgIpc) is 2.87. The maximum absolute atomic E-state index is 12.9. The number of nitrogens with zero attached hydrogens (tertiary/aromatic N) is 2. The third-order valence-corrected chi connectivity index (χ3v) is 5.56. The third kappa shape index (κ3) is 2.14. The van der Waals surface area contributed by atoms with Crippen LogP contribution < -0.4 is 4.90 Å². The highest BCUT2D eigenvalue weighted by Crippen LogP contribution is 2.40. The molecule has 2 atom stereocenters. The van der Waals surface area contributed by atoms with Crippen LogP contribution in [0.1, 0.15) is 26.3 Å². The van der Waals surface area contributed by atoms with Gasteiger partial charge in [0.2, 0.25) is 0 Å². The van der Waals surface area contributed by atoms with E-state index in [-0.39, 0.29) is 11.3 Å². The van der Waals surface area contributed by atoms with Crippen molar-refractivity contribution < 1.29 is 14.4 Å². The van der Waals surface area contributed by atoms with Crippen LogP contribution in [0.15, 0.2) is 48.5 Å². The molecule has 2 heterocycles. The summed E-state index contributed by atoms with van der Waals surface area (Å²) in [4.78, 5) is 40.9. The third-order valence-electron chi connectivity index (χ3n) is 4.61. The van der Waals surface area contributed by atoms with Gasteiger partial charge in [-0.25, -0.2) is 0 Å². The van der Waals surface area contributed by atoms with Crippen LogP contribution in [-0.2, 0) is 4.79 Å².